The van der Waals surface area contributed by atoms with Gasteiger partial charge < -0.3 is 19.7 Å². The number of aryl methyl sites for hydroxylation is 1. The summed E-state index contributed by atoms with van der Waals surface area (Å²) < 4.78 is 46.9. The number of aromatic nitrogens is 2. The second-order valence-corrected chi connectivity index (χ2v) is 6.19. The number of halogens is 3. The zero-order valence-corrected chi connectivity index (χ0v) is 15.2. The van der Waals surface area contributed by atoms with Gasteiger partial charge in [-0.2, -0.15) is 13.2 Å². The molecule has 2 atom stereocenters. The Morgan fingerprint density at radius 1 is 1.41 bits per heavy atom. The van der Waals surface area contributed by atoms with Gasteiger partial charge in [-0.05, 0) is 31.5 Å². The van der Waals surface area contributed by atoms with Gasteiger partial charge in [-0.15, -0.1) is 0 Å². The number of imidazole rings is 1. The van der Waals surface area contributed by atoms with Gasteiger partial charge in [-0.1, -0.05) is 12.1 Å². The Morgan fingerprint density at radius 3 is 2.67 bits per heavy atom. The molecule has 9 heteroatoms. The van der Waals surface area contributed by atoms with Crippen LogP contribution in [0.15, 0.2) is 36.7 Å². The normalized spacial score (nSPS) is 15.1. The number of benzene rings is 1. The van der Waals surface area contributed by atoms with E-state index < -0.39 is 36.0 Å². The molecule has 1 heterocycles. The fourth-order valence-electron chi connectivity index (χ4n) is 2.72. The number of alkyl halides is 3. The molecule has 6 nitrogen and oxygen atoms in total. The molecule has 0 bridgehead atoms. The molecule has 1 amide bonds. The average Bonchev–Trinajstić information content (AvgIpc) is 3.00. The number of aliphatic hydroxyl groups is 1. The maximum absolute atomic E-state index is 13.5. The molecule has 1 aromatic heterocycles. The third-order valence-corrected chi connectivity index (χ3v) is 4.12. The molecule has 2 unspecified atom stereocenters. The van der Waals surface area contributed by atoms with Crippen molar-refractivity contribution in [2.24, 2.45) is 7.05 Å². The molecule has 0 aliphatic rings. The molecule has 148 valence electrons. The van der Waals surface area contributed by atoms with Gasteiger partial charge in [0.05, 0.1) is 19.1 Å². The molecule has 0 aliphatic carbocycles. The van der Waals surface area contributed by atoms with Crippen LogP contribution in [0.25, 0.3) is 0 Å². The number of nitrogens with one attached hydrogen (secondary N) is 1. The monoisotopic (exact) mass is 385 g/mol. The van der Waals surface area contributed by atoms with E-state index >= 15 is 0 Å². The van der Waals surface area contributed by atoms with Crippen LogP contribution in [0.5, 0.6) is 5.75 Å². The van der Waals surface area contributed by atoms with Crippen molar-refractivity contribution >= 4 is 5.91 Å². The van der Waals surface area contributed by atoms with Crippen LogP contribution in [0, 0.1) is 0 Å². The summed E-state index contributed by atoms with van der Waals surface area (Å²) in [5.41, 5.74) is -2.72. The van der Waals surface area contributed by atoms with Gasteiger partial charge in [0.1, 0.15) is 5.75 Å². The minimum Gasteiger partial charge on any atom is -0.494 e. The molecule has 0 aliphatic heterocycles. The van der Waals surface area contributed by atoms with Gasteiger partial charge >= 0.3 is 6.18 Å². The number of nitrogens with zero attached hydrogens (tertiary/aromatic N) is 2. The van der Waals surface area contributed by atoms with E-state index in [4.69, 9.17) is 4.74 Å². The predicted molar refractivity (Wildman–Crippen MR) is 91.9 cm³/mol. The first-order chi connectivity index (χ1) is 12.6. The summed E-state index contributed by atoms with van der Waals surface area (Å²) in [7, 11) is 1.32. The Bertz CT molecular complexity index is 791. The lowest BCUT2D eigenvalue weighted by atomic mass is 9.96. The van der Waals surface area contributed by atoms with Gasteiger partial charge in [-0.3, -0.25) is 4.79 Å². The minimum atomic E-state index is -5.07. The number of rotatable bonds is 7. The maximum Gasteiger partial charge on any atom is 0.425 e. The van der Waals surface area contributed by atoms with Crippen LogP contribution in [0.3, 0.4) is 0 Å². The van der Waals surface area contributed by atoms with Gasteiger partial charge in [0.25, 0.3) is 0 Å². The van der Waals surface area contributed by atoms with E-state index in [0.29, 0.717) is 17.9 Å². The summed E-state index contributed by atoms with van der Waals surface area (Å²) in [6.45, 7) is 3.93. The van der Waals surface area contributed by atoms with Crippen LogP contribution >= 0.6 is 0 Å². The lowest BCUT2D eigenvalue weighted by Crippen LogP contribution is -2.48. The van der Waals surface area contributed by atoms with E-state index in [1.165, 1.54) is 13.2 Å². The Hall–Kier alpha value is -2.55. The van der Waals surface area contributed by atoms with Crippen LogP contribution in [0.4, 0.5) is 13.2 Å². The highest BCUT2D eigenvalue weighted by atomic mass is 19.4. The van der Waals surface area contributed by atoms with E-state index in [1.54, 1.807) is 31.2 Å². The van der Waals surface area contributed by atoms with Crippen molar-refractivity contribution < 1.29 is 27.8 Å². The van der Waals surface area contributed by atoms with E-state index in [-0.39, 0.29) is 0 Å². The molecule has 0 saturated carbocycles. The van der Waals surface area contributed by atoms with Crippen molar-refractivity contribution in [2.45, 2.75) is 38.1 Å². The summed E-state index contributed by atoms with van der Waals surface area (Å²) in [6.07, 6.45) is -3.87. The fraction of sp³-hybridized carbons (Fsp3) is 0.444. The molecule has 0 spiro atoms. The quantitative estimate of drug-likeness (QED) is 0.769. The first-order valence-electron chi connectivity index (χ1n) is 8.37. The van der Waals surface area contributed by atoms with Crippen LogP contribution in [0.2, 0.25) is 0 Å². The molecule has 2 N–H and O–H groups in total. The molecular formula is C18H22F3N3O3. The molecule has 1 aromatic carbocycles. The van der Waals surface area contributed by atoms with Gasteiger partial charge in [0, 0.05) is 19.4 Å². The van der Waals surface area contributed by atoms with Gasteiger partial charge in [0.15, 0.2) is 5.82 Å². The molecule has 0 saturated heterocycles. The third-order valence-electron chi connectivity index (χ3n) is 4.12. The van der Waals surface area contributed by atoms with Crippen LogP contribution in [-0.4, -0.2) is 33.3 Å². The Labute approximate surface area is 155 Å². The van der Waals surface area contributed by atoms with Crippen molar-refractivity contribution in [2.75, 3.05) is 6.61 Å². The molecule has 27 heavy (non-hydrogen) atoms. The molecular weight excluding hydrogens is 363 g/mol. The minimum absolute atomic E-state index is 0.465. The van der Waals surface area contributed by atoms with E-state index in [0.717, 1.165) is 10.8 Å². The van der Waals surface area contributed by atoms with Crippen molar-refractivity contribution in [1.82, 2.24) is 14.9 Å². The summed E-state index contributed by atoms with van der Waals surface area (Å²) in [5, 5.41) is 12.8. The smallest absolute Gasteiger partial charge is 0.425 e. The first-order valence-corrected chi connectivity index (χ1v) is 8.37. The number of carbonyl (C=O) groups excluding carboxylic acids is 1. The second kappa shape index (κ2) is 7.99. The SMILES string of the molecule is CCOc1cccc(C(C)NC(=O)CC(O)(c2nccn2C)C(F)(F)F)c1. The first kappa shape index (κ1) is 20.8. The topological polar surface area (TPSA) is 76.4 Å². The standard InChI is InChI=1S/C18H22F3N3O3/c1-4-27-14-7-5-6-13(10-14)12(2)23-15(25)11-17(26,18(19,20)21)16-22-8-9-24(16)3/h5-10,12,26H,4,11H2,1-3H3,(H,23,25). The van der Waals surface area contributed by atoms with Crippen LogP contribution in [0.1, 0.15) is 37.7 Å². The number of hydrogen-bond acceptors (Lipinski definition) is 4. The van der Waals surface area contributed by atoms with E-state index in [9.17, 15) is 23.1 Å². The molecule has 0 radical (unpaired) electrons. The number of ether oxygens (including phenoxy) is 1. The lowest BCUT2D eigenvalue weighted by molar-refractivity contribution is -0.271. The van der Waals surface area contributed by atoms with E-state index in [1.807, 2.05) is 6.92 Å². The largest absolute Gasteiger partial charge is 0.494 e. The summed E-state index contributed by atoms with van der Waals surface area (Å²) in [5.74, 6) is -1.00. The number of carbonyl (C=O) groups is 1. The van der Waals surface area contributed by atoms with Crippen molar-refractivity contribution in [3.8, 4) is 5.75 Å². The highest BCUT2D eigenvalue weighted by Gasteiger charge is 2.58. The Balaban J connectivity index is 2.17. The number of hydrogen-bond donors (Lipinski definition) is 2. The van der Waals surface area contributed by atoms with Gasteiger partial charge in [0.2, 0.25) is 11.5 Å². The molecule has 2 rings (SSSR count). The fourth-order valence-corrected chi connectivity index (χ4v) is 2.72. The Kier molecular flexibility index (Phi) is 6.15. The zero-order chi connectivity index (χ0) is 20.2. The van der Waals surface area contributed by atoms with Crippen LogP contribution in [-0.2, 0) is 17.4 Å². The maximum atomic E-state index is 13.5. The van der Waals surface area contributed by atoms with Crippen molar-refractivity contribution in [1.29, 1.82) is 0 Å². The van der Waals surface area contributed by atoms with E-state index in [2.05, 4.69) is 10.3 Å². The predicted octanol–water partition coefficient (Wildman–Crippen LogP) is 2.84. The van der Waals surface area contributed by atoms with Gasteiger partial charge in [-0.25, -0.2) is 4.98 Å². The summed E-state index contributed by atoms with van der Waals surface area (Å²) in [4.78, 5) is 15.8. The Morgan fingerprint density at radius 2 is 2.11 bits per heavy atom. The molecule has 0 fully saturated rings. The second-order valence-electron chi connectivity index (χ2n) is 6.19. The van der Waals surface area contributed by atoms with Crippen molar-refractivity contribution in [3.63, 3.8) is 0 Å². The summed E-state index contributed by atoms with van der Waals surface area (Å²) >= 11 is 0. The average molecular weight is 385 g/mol. The number of amides is 1. The third kappa shape index (κ3) is 4.60. The highest BCUT2D eigenvalue weighted by Crippen LogP contribution is 2.40. The highest BCUT2D eigenvalue weighted by molar-refractivity contribution is 5.77. The zero-order valence-electron chi connectivity index (χ0n) is 15.2. The summed E-state index contributed by atoms with van der Waals surface area (Å²) in [6, 6.07) is 6.32. The van der Waals surface area contributed by atoms with Crippen molar-refractivity contribution in [3.05, 3.63) is 48.0 Å². The lowest BCUT2D eigenvalue weighted by Gasteiger charge is -2.29. The van der Waals surface area contributed by atoms with Crippen LogP contribution < -0.4 is 10.1 Å². The molecule has 2 aromatic rings.